The Morgan fingerprint density at radius 3 is 2.91 bits per heavy atom. The fourth-order valence-corrected chi connectivity index (χ4v) is 2.09. The predicted octanol–water partition coefficient (Wildman–Crippen LogP) is 1.84. The summed E-state index contributed by atoms with van der Waals surface area (Å²) in [6.45, 7) is 0. The van der Waals surface area contributed by atoms with E-state index in [9.17, 15) is 13.6 Å². The maximum absolute atomic E-state index is 13.9. The van der Waals surface area contributed by atoms with Gasteiger partial charge in [-0.1, -0.05) is 0 Å². The number of rotatable bonds is 3. The highest BCUT2D eigenvalue weighted by molar-refractivity contribution is 5.75. The number of benzene rings is 1. The summed E-state index contributed by atoms with van der Waals surface area (Å²) in [5, 5.41) is 12.7. The van der Waals surface area contributed by atoms with Gasteiger partial charge in [-0.15, -0.1) is 0 Å². The van der Waals surface area contributed by atoms with Crippen LogP contribution in [0.4, 0.5) is 8.78 Å². The lowest BCUT2D eigenvalue weighted by Gasteiger charge is -2.05. The van der Waals surface area contributed by atoms with Crippen LogP contribution >= 0.6 is 0 Å². The smallest absolute Gasteiger partial charge is 0.262 e. The zero-order valence-electron chi connectivity index (χ0n) is 11.2. The van der Waals surface area contributed by atoms with Crippen LogP contribution in [-0.2, 0) is 6.42 Å². The standard InChI is InChI=1S/C14H9F2N5O/c15-8-3-4-11(10(16)6-8)21-13-9(7-18-21)14(22)20-12(19-13)2-1-5-17/h3-4,6-7H,1-2H2,(H,19,20,22). The van der Waals surface area contributed by atoms with E-state index in [4.69, 9.17) is 5.26 Å². The number of hydrogen-bond donors (Lipinski definition) is 1. The largest absolute Gasteiger partial charge is 0.310 e. The average molecular weight is 301 g/mol. The van der Waals surface area contributed by atoms with Crippen molar-refractivity contribution >= 4 is 11.0 Å². The highest BCUT2D eigenvalue weighted by Crippen LogP contribution is 2.18. The van der Waals surface area contributed by atoms with Crippen molar-refractivity contribution in [1.29, 1.82) is 5.26 Å². The molecule has 3 rings (SSSR count). The van der Waals surface area contributed by atoms with Crippen molar-refractivity contribution in [2.45, 2.75) is 12.8 Å². The Morgan fingerprint density at radius 1 is 1.36 bits per heavy atom. The molecule has 1 aromatic carbocycles. The summed E-state index contributed by atoms with van der Waals surface area (Å²) in [7, 11) is 0. The fraction of sp³-hybridized carbons (Fsp3) is 0.143. The summed E-state index contributed by atoms with van der Waals surface area (Å²) in [6.07, 6.45) is 1.71. The van der Waals surface area contributed by atoms with E-state index >= 15 is 0 Å². The average Bonchev–Trinajstić information content (AvgIpc) is 2.89. The molecule has 2 aromatic heterocycles. The lowest BCUT2D eigenvalue weighted by atomic mass is 10.3. The number of H-pyrrole nitrogens is 1. The summed E-state index contributed by atoms with van der Waals surface area (Å²) < 4.78 is 28.0. The van der Waals surface area contributed by atoms with Crippen LogP contribution in [-0.4, -0.2) is 19.7 Å². The molecule has 0 unspecified atom stereocenters. The van der Waals surface area contributed by atoms with E-state index in [1.165, 1.54) is 12.3 Å². The molecule has 0 aliphatic carbocycles. The molecule has 0 bridgehead atoms. The summed E-state index contributed by atoms with van der Waals surface area (Å²) in [4.78, 5) is 18.7. The minimum absolute atomic E-state index is 0.0132. The van der Waals surface area contributed by atoms with E-state index in [1.807, 2.05) is 6.07 Å². The van der Waals surface area contributed by atoms with Crippen molar-refractivity contribution in [1.82, 2.24) is 19.7 Å². The Kier molecular flexibility index (Phi) is 3.39. The minimum atomic E-state index is -0.814. The third-order valence-corrected chi connectivity index (χ3v) is 3.10. The van der Waals surface area contributed by atoms with Gasteiger partial charge in [0.15, 0.2) is 11.5 Å². The predicted molar refractivity (Wildman–Crippen MR) is 73.3 cm³/mol. The first kappa shape index (κ1) is 13.9. The van der Waals surface area contributed by atoms with E-state index < -0.39 is 17.2 Å². The fourth-order valence-electron chi connectivity index (χ4n) is 2.09. The topological polar surface area (TPSA) is 87.4 Å². The van der Waals surface area contributed by atoms with Crippen molar-refractivity contribution in [3.63, 3.8) is 0 Å². The molecular weight excluding hydrogens is 292 g/mol. The minimum Gasteiger partial charge on any atom is -0.310 e. The Balaban J connectivity index is 2.20. The quantitative estimate of drug-likeness (QED) is 0.799. The molecule has 0 radical (unpaired) electrons. The first-order valence-corrected chi connectivity index (χ1v) is 6.39. The number of aromatic amines is 1. The molecule has 0 aliphatic heterocycles. The molecule has 0 spiro atoms. The maximum atomic E-state index is 13.9. The van der Waals surface area contributed by atoms with E-state index in [0.717, 1.165) is 16.8 Å². The summed E-state index contributed by atoms with van der Waals surface area (Å²) in [6, 6.07) is 4.99. The lowest BCUT2D eigenvalue weighted by Crippen LogP contribution is -2.12. The second-order valence-corrected chi connectivity index (χ2v) is 4.56. The number of nitriles is 1. The molecule has 0 amide bonds. The number of nitrogens with one attached hydrogen (secondary N) is 1. The van der Waals surface area contributed by atoms with Crippen molar-refractivity contribution in [3.05, 3.63) is 52.2 Å². The summed E-state index contributed by atoms with van der Waals surface area (Å²) in [5.41, 5.74) is -0.283. The van der Waals surface area contributed by atoms with Gasteiger partial charge in [0, 0.05) is 18.9 Å². The number of aryl methyl sites for hydroxylation is 1. The van der Waals surface area contributed by atoms with E-state index in [-0.39, 0.29) is 29.6 Å². The summed E-state index contributed by atoms with van der Waals surface area (Å²) >= 11 is 0. The molecular formula is C14H9F2N5O. The molecule has 0 saturated heterocycles. The second-order valence-electron chi connectivity index (χ2n) is 4.56. The number of aromatic nitrogens is 4. The van der Waals surface area contributed by atoms with Gasteiger partial charge in [-0.3, -0.25) is 4.79 Å². The number of halogens is 2. The van der Waals surface area contributed by atoms with Gasteiger partial charge in [-0.05, 0) is 12.1 Å². The molecule has 1 N–H and O–H groups in total. The zero-order valence-corrected chi connectivity index (χ0v) is 11.2. The molecule has 0 aliphatic rings. The van der Waals surface area contributed by atoms with Gasteiger partial charge in [0.25, 0.3) is 5.56 Å². The van der Waals surface area contributed by atoms with Gasteiger partial charge in [-0.25, -0.2) is 18.4 Å². The molecule has 0 atom stereocenters. The first-order chi connectivity index (χ1) is 10.6. The van der Waals surface area contributed by atoms with Crippen molar-refractivity contribution in [2.75, 3.05) is 0 Å². The van der Waals surface area contributed by atoms with Crippen LogP contribution < -0.4 is 5.56 Å². The van der Waals surface area contributed by atoms with Crippen LogP contribution in [0.2, 0.25) is 0 Å². The lowest BCUT2D eigenvalue weighted by molar-refractivity contribution is 0.574. The van der Waals surface area contributed by atoms with Crippen molar-refractivity contribution in [3.8, 4) is 11.8 Å². The molecule has 110 valence electrons. The van der Waals surface area contributed by atoms with Crippen LogP contribution in [0.15, 0.2) is 29.2 Å². The Bertz CT molecular complexity index is 954. The number of fused-ring (bicyclic) bond motifs is 1. The Hall–Kier alpha value is -3.08. The van der Waals surface area contributed by atoms with E-state index in [1.54, 1.807) is 0 Å². The molecule has 6 nitrogen and oxygen atoms in total. The van der Waals surface area contributed by atoms with Gasteiger partial charge < -0.3 is 4.98 Å². The Labute approximate surface area is 122 Å². The van der Waals surface area contributed by atoms with E-state index in [0.29, 0.717) is 5.82 Å². The highest BCUT2D eigenvalue weighted by atomic mass is 19.1. The molecule has 2 heterocycles. The van der Waals surface area contributed by atoms with Crippen LogP contribution in [0.25, 0.3) is 16.7 Å². The molecule has 0 saturated carbocycles. The van der Waals surface area contributed by atoms with E-state index in [2.05, 4.69) is 15.1 Å². The molecule has 0 fully saturated rings. The third kappa shape index (κ3) is 2.33. The molecule has 8 heteroatoms. The van der Waals surface area contributed by atoms with Crippen LogP contribution in [0.5, 0.6) is 0 Å². The zero-order chi connectivity index (χ0) is 15.7. The first-order valence-electron chi connectivity index (χ1n) is 6.39. The monoisotopic (exact) mass is 301 g/mol. The number of nitrogens with zero attached hydrogens (tertiary/aromatic N) is 4. The third-order valence-electron chi connectivity index (χ3n) is 3.10. The SMILES string of the molecule is N#CCCc1nc2c(cnn2-c2ccc(F)cc2F)c(=O)[nH]1. The molecule has 3 aromatic rings. The summed E-state index contributed by atoms with van der Waals surface area (Å²) in [5.74, 6) is -1.22. The van der Waals surface area contributed by atoms with Crippen molar-refractivity contribution < 1.29 is 8.78 Å². The van der Waals surface area contributed by atoms with Crippen LogP contribution in [0, 0.1) is 23.0 Å². The van der Waals surface area contributed by atoms with Gasteiger partial charge in [0.1, 0.15) is 22.7 Å². The van der Waals surface area contributed by atoms with Gasteiger partial charge in [-0.2, -0.15) is 10.4 Å². The maximum Gasteiger partial charge on any atom is 0.262 e. The second kappa shape index (κ2) is 5.37. The van der Waals surface area contributed by atoms with Crippen molar-refractivity contribution in [2.24, 2.45) is 0 Å². The van der Waals surface area contributed by atoms with Gasteiger partial charge >= 0.3 is 0 Å². The number of hydrogen-bond acceptors (Lipinski definition) is 4. The van der Waals surface area contributed by atoms with Crippen LogP contribution in [0.1, 0.15) is 12.2 Å². The Morgan fingerprint density at radius 2 is 2.18 bits per heavy atom. The highest BCUT2D eigenvalue weighted by Gasteiger charge is 2.14. The van der Waals surface area contributed by atoms with Gasteiger partial charge in [0.05, 0.1) is 12.3 Å². The molecule has 22 heavy (non-hydrogen) atoms. The van der Waals surface area contributed by atoms with Crippen LogP contribution in [0.3, 0.4) is 0 Å². The van der Waals surface area contributed by atoms with Gasteiger partial charge in [0.2, 0.25) is 0 Å². The normalized spacial score (nSPS) is 10.8.